The van der Waals surface area contributed by atoms with Gasteiger partial charge in [0, 0.05) is 6.42 Å². The normalized spacial score (nSPS) is 15.0. The molecule has 0 aromatic carbocycles. The summed E-state index contributed by atoms with van der Waals surface area (Å²) in [7, 11) is -7.31. The van der Waals surface area contributed by atoms with Crippen molar-refractivity contribution in [3.63, 3.8) is 0 Å². The third kappa shape index (κ3) is 4.13. The minimum atomic E-state index is -7.52. The second-order valence-electron chi connectivity index (χ2n) is 4.88. The summed E-state index contributed by atoms with van der Waals surface area (Å²) < 4.78 is 159. The third-order valence-electron chi connectivity index (χ3n) is 3.03. The van der Waals surface area contributed by atoms with Crippen LogP contribution in [0, 0.1) is 0 Å². The van der Waals surface area contributed by atoms with E-state index < -0.39 is 51.9 Å². The van der Waals surface area contributed by atoms with Gasteiger partial charge < -0.3 is 6.15 Å². The average molecular weight is 419 g/mol. The van der Waals surface area contributed by atoms with Gasteiger partial charge >= 0.3 is 39.1 Å². The minimum absolute atomic E-state index is 0. The highest BCUT2D eigenvalue weighted by Crippen LogP contribution is 2.58. The number of hydrogen-bond donors (Lipinski definition) is 2. The van der Waals surface area contributed by atoms with Gasteiger partial charge in [-0.15, -0.1) is 0 Å². The van der Waals surface area contributed by atoms with Crippen LogP contribution in [0.5, 0.6) is 0 Å². The molecule has 0 atom stereocenters. The number of unbranched alkanes of at least 4 members (excludes halogenated alkanes) is 2. The van der Waals surface area contributed by atoms with E-state index in [4.69, 9.17) is 4.55 Å². The lowest BCUT2D eigenvalue weighted by Crippen LogP contribution is -2.68. The summed E-state index contributed by atoms with van der Waals surface area (Å²) in [5, 5.41) is -7.13. The largest absolute Gasteiger partial charge is 0.438 e. The molecule has 0 rings (SSSR count). The Hall–Kier alpha value is -0.830. The maximum atomic E-state index is 13.2. The summed E-state index contributed by atoms with van der Waals surface area (Å²) in [6.07, 6.45) is -2.85. The van der Waals surface area contributed by atoms with E-state index in [0.29, 0.717) is 0 Å². The molecule has 0 heterocycles. The Morgan fingerprint density at radius 2 is 1.16 bits per heavy atom. The van der Waals surface area contributed by atoms with Crippen molar-refractivity contribution >= 4 is 10.1 Å². The molecule has 15 heteroatoms. The van der Waals surface area contributed by atoms with Gasteiger partial charge in [-0.05, 0) is 6.42 Å². The van der Waals surface area contributed by atoms with E-state index in [0.717, 1.165) is 0 Å². The molecule has 4 nitrogen and oxygen atoms in total. The zero-order chi connectivity index (χ0) is 19.8. The molecule has 4 N–H and O–H groups in total. The van der Waals surface area contributed by atoms with Crippen LogP contribution in [-0.2, 0) is 10.1 Å². The molecule has 0 bridgehead atoms. The van der Waals surface area contributed by atoms with Gasteiger partial charge in [-0.1, -0.05) is 19.8 Å². The Bertz CT molecular complexity index is 549. The standard InChI is InChI=1S/C10H12F10O3S.H3N/c1-2-3-4-5-6(11,12)7(13,14)8(15,16)9(17,18)10(19,20)24(21,22)23;/h2-5H2,1H3,(H,21,22,23);1H3. The Kier molecular flexibility index (Phi) is 7.84. The first-order chi connectivity index (χ1) is 10.3. The maximum Gasteiger partial charge on any atom is 0.438 e. The predicted molar refractivity (Wildman–Crippen MR) is 65.4 cm³/mol. The van der Waals surface area contributed by atoms with E-state index in [1.54, 1.807) is 0 Å². The van der Waals surface area contributed by atoms with Crippen molar-refractivity contribution in [3.8, 4) is 0 Å². The van der Waals surface area contributed by atoms with Gasteiger partial charge in [-0.3, -0.25) is 4.55 Å². The molecule has 0 amide bonds. The molecule has 0 aromatic heterocycles. The SMILES string of the molecule is CCCCCC(F)(F)C(F)(F)C(F)(F)C(F)(F)C(F)(F)S(=O)(=O)O.N. The van der Waals surface area contributed by atoms with Gasteiger partial charge in [0.05, 0.1) is 0 Å². The second-order valence-corrected chi connectivity index (χ2v) is 6.34. The Balaban J connectivity index is 0. The highest BCUT2D eigenvalue weighted by molar-refractivity contribution is 7.87. The van der Waals surface area contributed by atoms with Gasteiger partial charge in [0.25, 0.3) is 0 Å². The van der Waals surface area contributed by atoms with E-state index in [-0.39, 0.29) is 19.0 Å². The fraction of sp³-hybridized carbons (Fsp3) is 1.00. The van der Waals surface area contributed by atoms with E-state index in [9.17, 15) is 52.3 Å². The van der Waals surface area contributed by atoms with E-state index in [1.807, 2.05) is 0 Å². The van der Waals surface area contributed by atoms with E-state index in [2.05, 4.69) is 0 Å². The lowest BCUT2D eigenvalue weighted by atomic mass is 9.95. The molecule has 0 aliphatic heterocycles. The lowest BCUT2D eigenvalue weighted by Gasteiger charge is -2.38. The Morgan fingerprint density at radius 1 is 0.760 bits per heavy atom. The van der Waals surface area contributed by atoms with Crippen molar-refractivity contribution in [1.29, 1.82) is 0 Å². The molecule has 154 valence electrons. The van der Waals surface area contributed by atoms with Crippen LogP contribution in [0.2, 0.25) is 0 Å². The molecular weight excluding hydrogens is 404 g/mol. The van der Waals surface area contributed by atoms with Crippen molar-refractivity contribution in [1.82, 2.24) is 6.15 Å². The molecule has 0 saturated heterocycles. The molecule has 0 saturated carbocycles. The number of hydrogen-bond acceptors (Lipinski definition) is 3. The fourth-order valence-electron chi connectivity index (χ4n) is 1.53. The monoisotopic (exact) mass is 419 g/mol. The molecular formula is C10H15F10NO3S. The van der Waals surface area contributed by atoms with Crippen LogP contribution in [0.3, 0.4) is 0 Å². The molecule has 25 heavy (non-hydrogen) atoms. The first-order valence-electron chi connectivity index (χ1n) is 6.17. The summed E-state index contributed by atoms with van der Waals surface area (Å²) in [5.74, 6) is -27.9. The van der Waals surface area contributed by atoms with Gasteiger partial charge in [-0.25, -0.2) is 0 Å². The van der Waals surface area contributed by atoms with Crippen LogP contribution in [0.25, 0.3) is 0 Å². The Morgan fingerprint density at radius 3 is 1.48 bits per heavy atom. The lowest BCUT2D eigenvalue weighted by molar-refractivity contribution is -0.390. The third-order valence-corrected chi connectivity index (χ3v) is 3.94. The van der Waals surface area contributed by atoms with Gasteiger partial charge in [0.15, 0.2) is 0 Å². The van der Waals surface area contributed by atoms with E-state index in [1.165, 1.54) is 6.92 Å². The predicted octanol–water partition coefficient (Wildman–Crippen LogP) is 4.75. The van der Waals surface area contributed by atoms with Crippen molar-refractivity contribution in [2.75, 3.05) is 0 Å². The zero-order valence-electron chi connectivity index (χ0n) is 12.5. The second kappa shape index (κ2) is 7.42. The molecule has 0 aliphatic carbocycles. The average Bonchev–Trinajstić information content (AvgIpc) is 2.36. The van der Waals surface area contributed by atoms with Crippen molar-refractivity contribution < 1.29 is 56.9 Å². The topological polar surface area (TPSA) is 89.4 Å². The number of alkyl halides is 10. The maximum absolute atomic E-state index is 13.2. The van der Waals surface area contributed by atoms with Gasteiger partial charge in [0.2, 0.25) is 0 Å². The molecule has 0 spiro atoms. The first-order valence-corrected chi connectivity index (χ1v) is 7.61. The molecule has 0 radical (unpaired) electrons. The molecule has 0 unspecified atom stereocenters. The van der Waals surface area contributed by atoms with Crippen LogP contribution >= 0.6 is 0 Å². The highest BCUT2D eigenvalue weighted by atomic mass is 32.2. The smallest absolute Gasteiger partial charge is 0.344 e. The number of halogens is 10. The molecule has 0 fully saturated rings. The van der Waals surface area contributed by atoms with Crippen molar-refractivity contribution in [2.24, 2.45) is 0 Å². The molecule has 0 aliphatic rings. The Labute approximate surface area is 135 Å². The molecule has 0 aromatic rings. The van der Waals surface area contributed by atoms with Crippen LogP contribution in [-0.4, -0.2) is 41.9 Å². The van der Waals surface area contributed by atoms with E-state index >= 15 is 0 Å². The highest BCUT2D eigenvalue weighted by Gasteiger charge is 2.88. The van der Waals surface area contributed by atoms with Crippen LogP contribution in [0.4, 0.5) is 43.9 Å². The fourth-order valence-corrected chi connectivity index (χ4v) is 1.98. The summed E-state index contributed by atoms with van der Waals surface area (Å²) in [6.45, 7) is 1.41. The minimum Gasteiger partial charge on any atom is -0.344 e. The first kappa shape index (κ1) is 26.4. The number of rotatable bonds is 9. The zero-order valence-corrected chi connectivity index (χ0v) is 13.3. The summed E-state index contributed by atoms with van der Waals surface area (Å²) >= 11 is 0. The summed E-state index contributed by atoms with van der Waals surface area (Å²) in [4.78, 5) is 0. The summed E-state index contributed by atoms with van der Waals surface area (Å²) in [6, 6.07) is 0. The van der Waals surface area contributed by atoms with Crippen molar-refractivity contribution in [2.45, 2.75) is 61.6 Å². The van der Waals surface area contributed by atoms with Crippen LogP contribution in [0.15, 0.2) is 0 Å². The van der Waals surface area contributed by atoms with Crippen LogP contribution < -0.4 is 6.15 Å². The summed E-state index contributed by atoms with van der Waals surface area (Å²) in [5.41, 5.74) is 0. The quantitative estimate of drug-likeness (QED) is 0.321. The van der Waals surface area contributed by atoms with Crippen molar-refractivity contribution in [3.05, 3.63) is 0 Å². The van der Waals surface area contributed by atoms with Gasteiger partial charge in [0.1, 0.15) is 0 Å². The van der Waals surface area contributed by atoms with Gasteiger partial charge in [-0.2, -0.15) is 52.3 Å². The van der Waals surface area contributed by atoms with Crippen LogP contribution in [0.1, 0.15) is 32.6 Å².